The summed E-state index contributed by atoms with van der Waals surface area (Å²) in [5.74, 6) is 0. The number of hydrogen-bond donors (Lipinski definition) is 1. The van der Waals surface area contributed by atoms with Crippen molar-refractivity contribution in [3.05, 3.63) is 82.7 Å². The lowest BCUT2D eigenvalue weighted by atomic mass is 10.0. The first-order valence-electron chi connectivity index (χ1n) is 12.3. The lowest BCUT2D eigenvalue weighted by molar-refractivity contribution is -0.137. The molecule has 4 heterocycles. The number of aromatic nitrogens is 4. The van der Waals surface area contributed by atoms with Gasteiger partial charge in [0, 0.05) is 61.8 Å². The van der Waals surface area contributed by atoms with E-state index < -0.39 is 17.4 Å². The molecule has 0 spiro atoms. The summed E-state index contributed by atoms with van der Waals surface area (Å²) in [6.07, 6.45) is -1.23. The van der Waals surface area contributed by atoms with E-state index in [1.165, 1.54) is 15.2 Å². The highest BCUT2D eigenvalue weighted by molar-refractivity contribution is 6.04. The molecule has 1 aliphatic heterocycles. The number of pyridine rings is 2. The smallest absolute Gasteiger partial charge is 0.368 e. The summed E-state index contributed by atoms with van der Waals surface area (Å²) in [5.41, 5.74) is 3.39. The van der Waals surface area contributed by atoms with Gasteiger partial charge in [-0.05, 0) is 48.9 Å². The lowest BCUT2D eigenvalue weighted by Crippen LogP contribution is -2.44. The second-order valence-corrected chi connectivity index (χ2v) is 9.53. The molecule has 194 valence electrons. The van der Waals surface area contributed by atoms with Crippen molar-refractivity contribution in [1.29, 1.82) is 0 Å². The number of anilines is 1. The summed E-state index contributed by atoms with van der Waals surface area (Å²) in [4.78, 5) is 24.1. The van der Waals surface area contributed by atoms with Crippen LogP contribution in [0, 0.1) is 6.92 Å². The van der Waals surface area contributed by atoms with Crippen molar-refractivity contribution in [3.8, 4) is 16.8 Å². The number of alkyl halides is 3. The zero-order valence-corrected chi connectivity index (χ0v) is 20.9. The van der Waals surface area contributed by atoms with Crippen LogP contribution >= 0.6 is 0 Å². The van der Waals surface area contributed by atoms with Crippen LogP contribution in [0.3, 0.4) is 0 Å². The third-order valence-corrected chi connectivity index (χ3v) is 7.13. The first kappa shape index (κ1) is 24.2. The zero-order valence-electron chi connectivity index (χ0n) is 20.9. The average molecular weight is 519 g/mol. The SMILES string of the molecule is Cc1ccc(-c2ccc3ncc4c(c3c2)n(-c2ccc(N3CCNCC3)c(C(F)(F)F)c2)c(=O)n4C)cn1. The van der Waals surface area contributed by atoms with Crippen molar-refractivity contribution in [3.63, 3.8) is 0 Å². The molecule has 0 amide bonds. The Balaban J connectivity index is 1.60. The van der Waals surface area contributed by atoms with Gasteiger partial charge in [0.1, 0.15) is 0 Å². The summed E-state index contributed by atoms with van der Waals surface area (Å²) in [6, 6.07) is 13.7. The molecule has 0 atom stereocenters. The van der Waals surface area contributed by atoms with Crippen LogP contribution in [0.2, 0.25) is 0 Å². The highest BCUT2D eigenvalue weighted by Gasteiger charge is 2.36. The van der Waals surface area contributed by atoms with Crippen molar-refractivity contribution in [2.75, 3.05) is 31.1 Å². The Bertz CT molecular complexity index is 1730. The Hall–Kier alpha value is -4.18. The van der Waals surface area contributed by atoms with Crippen LogP contribution in [-0.4, -0.2) is 45.3 Å². The first-order valence-corrected chi connectivity index (χ1v) is 12.3. The van der Waals surface area contributed by atoms with Crippen LogP contribution in [0.5, 0.6) is 0 Å². The lowest BCUT2D eigenvalue weighted by Gasteiger charge is -2.31. The molecule has 2 aromatic carbocycles. The van der Waals surface area contributed by atoms with E-state index in [1.54, 1.807) is 30.4 Å². The number of aryl methyl sites for hydroxylation is 2. The molecule has 0 radical (unpaired) electrons. The number of hydrogen-bond acceptors (Lipinski definition) is 5. The Morgan fingerprint density at radius 3 is 2.39 bits per heavy atom. The minimum atomic E-state index is -4.58. The fourth-order valence-electron chi connectivity index (χ4n) is 5.13. The van der Waals surface area contributed by atoms with Gasteiger partial charge in [0.25, 0.3) is 0 Å². The maximum Gasteiger partial charge on any atom is 0.418 e. The molecular weight excluding hydrogens is 493 g/mol. The normalized spacial score (nSPS) is 14.5. The van der Waals surface area contributed by atoms with Gasteiger partial charge in [0.05, 0.1) is 34.0 Å². The van der Waals surface area contributed by atoms with Gasteiger partial charge in [-0.2, -0.15) is 13.2 Å². The predicted molar refractivity (Wildman–Crippen MR) is 142 cm³/mol. The maximum absolute atomic E-state index is 14.3. The number of nitrogens with zero attached hydrogens (tertiary/aromatic N) is 5. The molecule has 10 heteroatoms. The minimum absolute atomic E-state index is 0.122. The molecule has 5 aromatic rings. The number of imidazole rings is 1. The Labute approximate surface area is 216 Å². The van der Waals surface area contributed by atoms with Crippen molar-refractivity contribution < 1.29 is 13.2 Å². The number of halogens is 3. The molecule has 7 nitrogen and oxygen atoms in total. The molecule has 0 aliphatic carbocycles. The van der Waals surface area contributed by atoms with Crippen molar-refractivity contribution in [1.82, 2.24) is 24.4 Å². The van der Waals surface area contributed by atoms with Gasteiger partial charge >= 0.3 is 11.9 Å². The van der Waals surface area contributed by atoms with Crippen molar-refractivity contribution in [2.24, 2.45) is 7.05 Å². The number of piperazine rings is 1. The van der Waals surface area contributed by atoms with E-state index >= 15 is 0 Å². The second-order valence-electron chi connectivity index (χ2n) is 9.53. The minimum Gasteiger partial charge on any atom is -0.368 e. The topological polar surface area (TPSA) is 68.0 Å². The highest BCUT2D eigenvalue weighted by atomic mass is 19.4. The van der Waals surface area contributed by atoms with E-state index in [0.29, 0.717) is 48.1 Å². The van der Waals surface area contributed by atoms with Crippen LogP contribution in [-0.2, 0) is 13.2 Å². The van der Waals surface area contributed by atoms with Crippen molar-refractivity contribution in [2.45, 2.75) is 13.1 Å². The first-order chi connectivity index (χ1) is 18.2. The molecule has 1 saturated heterocycles. The Morgan fingerprint density at radius 1 is 0.921 bits per heavy atom. The van der Waals surface area contributed by atoms with Gasteiger partial charge < -0.3 is 10.2 Å². The predicted octanol–water partition coefficient (Wildman–Crippen LogP) is 4.68. The van der Waals surface area contributed by atoms with Gasteiger partial charge in [0.2, 0.25) is 0 Å². The van der Waals surface area contributed by atoms with Crippen LogP contribution < -0.4 is 15.9 Å². The Kier molecular flexibility index (Phi) is 5.71. The van der Waals surface area contributed by atoms with E-state index in [2.05, 4.69) is 15.3 Å². The van der Waals surface area contributed by atoms with E-state index in [0.717, 1.165) is 22.9 Å². The largest absolute Gasteiger partial charge is 0.418 e. The summed E-state index contributed by atoms with van der Waals surface area (Å²) in [5, 5.41) is 3.83. The molecule has 0 saturated carbocycles. The van der Waals surface area contributed by atoms with Gasteiger partial charge in [-0.15, -0.1) is 0 Å². The summed E-state index contributed by atoms with van der Waals surface area (Å²) >= 11 is 0. The molecule has 1 fully saturated rings. The fourth-order valence-corrected chi connectivity index (χ4v) is 5.13. The number of nitrogens with one attached hydrogen (secondary N) is 1. The van der Waals surface area contributed by atoms with Crippen molar-refractivity contribution >= 4 is 27.6 Å². The summed E-state index contributed by atoms with van der Waals surface area (Å²) in [6.45, 7) is 4.08. The van der Waals surface area contributed by atoms with E-state index in [9.17, 15) is 18.0 Å². The monoisotopic (exact) mass is 518 g/mol. The molecule has 3 aromatic heterocycles. The van der Waals surface area contributed by atoms with Crippen LogP contribution in [0.1, 0.15) is 11.3 Å². The molecule has 0 bridgehead atoms. The molecular formula is C28H25F3N6O. The van der Waals surface area contributed by atoms with Gasteiger partial charge in [-0.25, -0.2) is 4.79 Å². The third kappa shape index (κ3) is 4.01. The highest BCUT2D eigenvalue weighted by Crippen LogP contribution is 2.39. The van der Waals surface area contributed by atoms with Gasteiger partial charge in [-0.1, -0.05) is 12.1 Å². The second kappa shape index (κ2) is 8.98. The zero-order chi connectivity index (χ0) is 26.6. The van der Waals surface area contributed by atoms with Gasteiger partial charge in [0.15, 0.2) is 0 Å². The van der Waals surface area contributed by atoms with Crippen LogP contribution in [0.4, 0.5) is 18.9 Å². The van der Waals surface area contributed by atoms with Crippen LogP contribution in [0.25, 0.3) is 38.8 Å². The Morgan fingerprint density at radius 2 is 1.68 bits per heavy atom. The maximum atomic E-state index is 14.3. The standard InChI is InChI=1S/C28H25F3N6O/c1-17-3-4-19(15-33-17)18-5-7-23-21(13-18)26-25(16-34-23)35(2)27(38)37(26)20-6-8-24(22(14-20)28(29,30)31)36-11-9-32-10-12-36/h3-8,13-16,32H,9-12H2,1-2H3. The summed E-state index contributed by atoms with van der Waals surface area (Å²) < 4.78 is 45.6. The molecule has 38 heavy (non-hydrogen) atoms. The van der Waals surface area contributed by atoms with Gasteiger partial charge in [-0.3, -0.25) is 19.1 Å². The average Bonchev–Trinajstić information content (AvgIpc) is 3.18. The van der Waals surface area contributed by atoms with E-state index in [1.807, 2.05) is 37.3 Å². The molecule has 1 aliphatic rings. The molecule has 6 rings (SSSR count). The van der Waals surface area contributed by atoms with E-state index in [-0.39, 0.29) is 11.4 Å². The molecule has 1 N–H and O–H groups in total. The third-order valence-electron chi connectivity index (χ3n) is 7.13. The summed E-state index contributed by atoms with van der Waals surface area (Å²) in [7, 11) is 1.60. The number of fused-ring (bicyclic) bond motifs is 3. The molecule has 0 unspecified atom stereocenters. The number of rotatable bonds is 3. The fraction of sp³-hybridized carbons (Fsp3) is 0.250. The quantitative estimate of drug-likeness (QED) is 0.376. The number of benzene rings is 2. The van der Waals surface area contributed by atoms with E-state index in [4.69, 9.17) is 0 Å². The van der Waals surface area contributed by atoms with Crippen LogP contribution in [0.15, 0.2) is 65.7 Å².